The standard InChI is InChI=1S/C26H30F2O2/c1-2-3-4-18-5-7-20(8-6-18)23-16-29-26(30-17-23)21-11-9-19(10-12-21)22-13-14-24(27)25(28)15-22/h2,9-15,18,20,23,26H,1,3-8,16-17H2. The van der Waals surface area contributed by atoms with E-state index >= 15 is 0 Å². The maximum Gasteiger partial charge on any atom is 0.183 e. The van der Waals surface area contributed by atoms with Crippen molar-refractivity contribution in [1.82, 2.24) is 0 Å². The molecule has 1 saturated carbocycles. The summed E-state index contributed by atoms with van der Waals surface area (Å²) in [7, 11) is 0. The van der Waals surface area contributed by atoms with Crippen molar-refractivity contribution in [2.75, 3.05) is 13.2 Å². The Morgan fingerprint density at radius 1 is 0.833 bits per heavy atom. The number of halogens is 2. The summed E-state index contributed by atoms with van der Waals surface area (Å²) in [5, 5.41) is 0. The Kier molecular flexibility index (Phi) is 6.96. The highest BCUT2D eigenvalue weighted by Crippen LogP contribution is 2.38. The summed E-state index contributed by atoms with van der Waals surface area (Å²) in [4.78, 5) is 0. The molecule has 0 unspecified atom stereocenters. The summed E-state index contributed by atoms with van der Waals surface area (Å²) < 4.78 is 38.7. The predicted molar refractivity (Wildman–Crippen MR) is 115 cm³/mol. The lowest BCUT2D eigenvalue weighted by molar-refractivity contribution is -0.214. The zero-order valence-electron chi connectivity index (χ0n) is 17.4. The second-order valence-electron chi connectivity index (χ2n) is 8.66. The van der Waals surface area contributed by atoms with E-state index in [0.717, 1.165) is 42.7 Å². The van der Waals surface area contributed by atoms with Gasteiger partial charge in [0.25, 0.3) is 0 Å². The van der Waals surface area contributed by atoms with E-state index in [1.54, 1.807) is 6.07 Å². The summed E-state index contributed by atoms with van der Waals surface area (Å²) in [6, 6.07) is 11.6. The summed E-state index contributed by atoms with van der Waals surface area (Å²) >= 11 is 0. The van der Waals surface area contributed by atoms with Gasteiger partial charge in [0.15, 0.2) is 17.9 Å². The number of hydrogen-bond acceptors (Lipinski definition) is 2. The Morgan fingerprint density at radius 2 is 1.50 bits per heavy atom. The third-order valence-electron chi connectivity index (χ3n) is 6.70. The van der Waals surface area contributed by atoms with E-state index < -0.39 is 11.6 Å². The van der Waals surface area contributed by atoms with Crippen molar-refractivity contribution < 1.29 is 18.3 Å². The Balaban J connectivity index is 1.29. The van der Waals surface area contributed by atoms with Gasteiger partial charge in [0.2, 0.25) is 0 Å². The first-order valence-corrected chi connectivity index (χ1v) is 11.0. The molecule has 1 heterocycles. The molecule has 0 spiro atoms. The van der Waals surface area contributed by atoms with Gasteiger partial charge in [-0.15, -0.1) is 6.58 Å². The SMILES string of the molecule is C=CCCC1CCC(C2COC(c3ccc(-c4ccc(F)c(F)c4)cc3)OC2)CC1. The van der Waals surface area contributed by atoms with Gasteiger partial charge in [-0.1, -0.05) is 49.2 Å². The molecule has 2 fully saturated rings. The molecule has 0 radical (unpaired) electrons. The Bertz CT molecular complexity index is 833. The molecule has 0 aromatic heterocycles. The summed E-state index contributed by atoms with van der Waals surface area (Å²) in [6.07, 6.45) is 9.23. The molecule has 0 N–H and O–H groups in total. The summed E-state index contributed by atoms with van der Waals surface area (Å²) in [5.74, 6) is 0.353. The average Bonchev–Trinajstić information content (AvgIpc) is 2.80. The van der Waals surface area contributed by atoms with Gasteiger partial charge in [0.1, 0.15) is 0 Å². The average molecular weight is 413 g/mol. The first-order valence-electron chi connectivity index (χ1n) is 11.0. The van der Waals surface area contributed by atoms with Gasteiger partial charge in [-0.25, -0.2) is 8.78 Å². The molecule has 1 aliphatic heterocycles. The second-order valence-corrected chi connectivity index (χ2v) is 8.66. The van der Waals surface area contributed by atoms with Crippen LogP contribution in [0.5, 0.6) is 0 Å². The maximum absolute atomic E-state index is 13.5. The van der Waals surface area contributed by atoms with Crippen molar-refractivity contribution >= 4 is 0 Å². The fourth-order valence-corrected chi connectivity index (χ4v) is 4.79. The van der Waals surface area contributed by atoms with Crippen molar-refractivity contribution in [2.24, 2.45) is 17.8 Å². The fourth-order valence-electron chi connectivity index (χ4n) is 4.79. The van der Waals surface area contributed by atoms with Gasteiger partial charge in [0.05, 0.1) is 13.2 Å². The zero-order valence-corrected chi connectivity index (χ0v) is 17.4. The van der Waals surface area contributed by atoms with Crippen molar-refractivity contribution in [3.8, 4) is 11.1 Å². The van der Waals surface area contributed by atoms with Crippen LogP contribution in [0.25, 0.3) is 11.1 Å². The van der Waals surface area contributed by atoms with Crippen LogP contribution in [0.4, 0.5) is 8.78 Å². The molecule has 0 atom stereocenters. The van der Waals surface area contributed by atoms with Crippen LogP contribution in [0.15, 0.2) is 55.1 Å². The highest BCUT2D eigenvalue weighted by Gasteiger charge is 2.32. The van der Waals surface area contributed by atoms with E-state index in [1.165, 1.54) is 38.2 Å². The van der Waals surface area contributed by atoms with Crippen molar-refractivity contribution in [3.63, 3.8) is 0 Å². The number of ether oxygens (including phenoxy) is 2. The minimum atomic E-state index is -0.837. The van der Waals surface area contributed by atoms with Crippen LogP contribution in [0.3, 0.4) is 0 Å². The van der Waals surface area contributed by atoms with E-state index in [9.17, 15) is 8.78 Å². The fraction of sp³-hybridized carbons (Fsp3) is 0.462. The Morgan fingerprint density at radius 3 is 2.13 bits per heavy atom. The van der Waals surface area contributed by atoms with Crippen molar-refractivity contribution in [3.05, 3.63) is 72.3 Å². The minimum absolute atomic E-state index is 0.357. The maximum atomic E-state index is 13.5. The molecule has 1 saturated heterocycles. The van der Waals surface area contributed by atoms with E-state index in [0.29, 0.717) is 17.4 Å². The lowest BCUT2D eigenvalue weighted by atomic mass is 9.75. The van der Waals surface area contributed by atoms with Gasteiger partial charge in [-0.2, -0.15) is 0 Å². The van der Waals surface area contributed by atoms with Gasteiger partial charge >= 0.3 is 0 Å². The third kappa shape index (κ3) is 4.98. The van der Waals surface area contributed by atoms with E-state index in [-0.39, 0.29) is 6.29 Å². The van der Waals surface area contributed by atoms with Gasteiger partial charge in [-0.05, 0) is 60.8 Å². The summed E-state index contributed by atoms with van der Waals surface area (Å²) in [6.45, 7) is 5.30. The van der Waals surface area contributed by atoms with Crippen LogP contribution in [0.1, 0.15) is 50.4 Å². The Labute approximate surface area is 177 Å². The molecule has 1 aliphatic carbocycles. The molecule has 4 rings (SSSR count). The molecule has 30 heavy (non-hydrogen) atoms. The number of allylic oxidation sites excluding steroid dienone is 1. The lowest BCUT2D eigenvalue weighted by Crippen LogP contribution is -2.34. The van der Waals surface area contributed by atoms with E-state index in [4.69, 9.17) is 9.47 Å². The minimum Gasteiger partial charge on any atom is -0.348 e. The number of hydrogen-bond donors (Lipinski definition) is 0. The number of benzene rings is 2. The Hall–Kier alpha value is -2.04. The van der Waals surface area contributed by atoms with Crippen LogP contribution in [-0.2, 0) is 9.47 Å². The van der Waals surface area contributed by atoms with Crippen LogP contribution in [0.2, 0.25) is 0 Å². The lowest BCUT2D eigenvalue weighted by Gasteiger charge is -2.37. The molecule has 0 amide bonds. The third-order valence-corrected chi connectivity index (χ3v) is 6.70. The molecule has 2 nitrogen and oxygen atoms in total. The molecule has 160 valence electrons. The quantitative estimate of drug-likeness (QED) is 0.473. The molecule has 2 aliphatic rings. The highest BCUT2D eigenvalue weighted by molar-refractivity contribution is 5.63. The van der Waals surface area contributed by atoms with Crippen molar-refractivity contribution in [2.45, 2.75) is 44.8 Å². The normalized spacial score (nSPS) is 27.0. The first-order chi connectivity index (χ1) is 14.6. The van der Waals surface area contributed by atoms with Crippen LogP contribution >= 0.6 is 0 Å². The zero-order chi connectivity index (χ0) is 20.9. The topological polar surface area (TPSA) is 18.5 Å². The molecular weight excluding hydrogens is 382 g/mol. The van der Waals surface area contributed by atoms with E-state index in [2.05, 4.69) is 6.58 Å². The van der Waals surface area contributed by atoms with Crippen LogP contribution in [0, 0.1) is 29.4 Å². The smallest absolute Gasteiger partial charge is 0.183 e. The van der Waals surface area contributed by atoms with Crippen molar-refractivity contribution in [1.29, 1.82) is 0 Å². The molecule has 4 heteroatoms. The van der Waals surface area contributed by atoms with Gasteiger partial charge in [-0.3, -0.25) is 0 Å². The molecular formula is C26H30F2O2. The monoisotopic (exact) mass is 412 g/mol. The van der Waals surface area contributed by atoms with Gasteiger partial charge < -0.3 is 9.47 Å². The highest BCUT2D eigenvalue weighted by atomic mass is 19.2. The first kappa shape index (κ1) is 21.2. The van der Waals surface area contributed by atoms with E-state index in [1.807, 2.05) is 30.3 Å². The van der Waals surface area contributed by atoms with Crippen LogP contribution in [-0.4, -0.2) is 13.2 Å². The largest absolute Gasteiger partial charge is 0.348 e. The predicted octanol–water partition coefficient (Wildman–Crippen LogP) is 7.07. The molecule has 2 aromatic rings. The molecule has 0 bridgehead atoms. The number of rotatable bonds is 6. The van der Waals surface area contributed by atoms with Crippen LogP contribution < -0.4 is 0 Å². The second kappa shape index (κ2) is 9.84. The molecule has 2 aromatic carbocycles. The van der Waals surface area contributed by atoms with Gasteiger partial charge in [0, 0.05) is 11.5 Å². The summed E-state index contributed by atoms with van der Waals surface area (Å²) in [5.41, 5.74) is 2.43.